The fourth-order valence-corrected chi connectivity index (χ4v) is 3.80. The van der Waals surface area contributed by atoms with E-state index in [2.05, 4.69) is 4.98 Å². The van der Waals surface area contributed by atoms with Crippen LogP contribution in [0.25, 0.3) is 0 Å². The Morgan fingerprint density at radius 2 is 2.15 bits per heavy atom. The minimum absolute atomic E-state index is 0.00762. The third-order valence-corrected chi connectivity index (χ3v) is 5.21. The van der Waals surface area contributed by atoms with Crippen LogP contribution in [0.15, 0.2) is 48.8 Å². The number of carbonyl (C=O) groups is 1. The van der Waals surface area contributed by atoms with E-state index in [0.29, 0.717) is 31.9 Å². The van der Waals surface area contributed by atoms with Gasteiger partial charge in [0.25, 0.3) is 0 Å². The van der Waals surface area contributed by atoms with E-state index in [0.717, 1.165) is 18.4 Å². The van der Waals surface area contributed by atoms with Crippen molar-refractivity contribution in [1.82, 2.24) is 9.88 Å². The Labute approximate surface area is 158 Å². The summed E-state index contributed by atoms with van der Waals surface area (Å²) in [7, 11) is 0. The van der Waals surface area contributed by atoms with Crippen molar-refractivity contribution in [1.29, 1.82) is 0 Å². The third-order valence-electron chi connectivity index (χ3n) is 5.21. The zero-order valence-corrected chi connectivity index (χ0v) is 15.1. The molecule has 4 rings (SSSR count). The molecule has 1 amide bonds. The number of carbonyl (C=O) groups excluding carboxylic acids is 1. The van der Waals surface area contributed by atoms with E-state index in [1.807, 2.05) is 18.3 Å². The first-order valence-corrected chi connectivity index (χ1v) is 9.29. The fraction of sp³-hybridized carbons (Fsp3) is 0.429. The average molecular weight is 370 g/mol. The van der Waals surface area contributed by atoms with Crippen molar-refractivity contribution in [3.8, 4) is 0 Å². The molecule has 1 aromatic heterocycles. The number of aromatic nitrogens is 1. The number of hydrogen-bond donors (Lipinski definition) is 0. The highest BCUT2D eigenvalue weighted by Gasteiger charge is 2.49. The van der Waals surface area contributed by atoms with Crippen LogP contribution in [0.4, 0.5) is 4.39 Å². The molecule has 3 heterocycles. The Hall–Kier alpha value is -2.31. The molecular formula is C21H23FN2O3. The lowest BCUT2D eigenvalue weighted by molar-refractivity contribution is -0.202. The van der Waals surface area contributed by atoms with Gasteiger partial charge in [-0.3, -0.25) is 9.78 Å². The molecule has 2 aliphatic heterocycles. The van der Waals surface area contributed by atoms with Crippen LogP contribution in [0.5, 0.6) is 0 Å². The molecule has 1 atom stereocenters. The Morgan fingerprint density at radius 1 is 1.30 bits per heavy atom. The smallest absolute Gasteiger partial charge is 0.227 e. The summed E-state index contributed by atoms with van der Waals surface area (Å²) >= 11 is 0. The van der Waals surface area contributed by atoms with E-state index in [-0.39, 0.29) is 29.9 Å². The Bertz CT molecular complexity index is 793. The van der Waals surface area contributed by atoms with Crippen LogP contribution >= 0.6 is 0 Å². The molecule has 0 radical (unpaired) electrons. The van der Waals surface area contributed by atoms with Crippen LogP contribution < -0.4 is 0 Å². The van der Waals surface area contributed by atoms with Gasteiger partial charge >= 0.3 is 0 Å². The molecule has 6 heteroatoms. The molecule has 0 N–H and O–H groups in total. The summed E-state index contributed by atoms with van der Waals surface area (Å²) in [6.07, 6.45) is 5.55. The number of pyridine rings is 1. The molecule has 0 bridgehead atoms. The molecule has 1 aromatic carbocycles. The molecule has 0 unspecified atom stereocenters. The SMILES string of the molecule is O=C(Cc1cccc(F)c1)N1CC2(C[C@H](OCc3cccnc3)CCO2)C1. The quantitative estimate of drug-likeness (QED) is 0.812. The van der Waals surface area contributed by atoms with Crippen molar-refractivity contribution in [3.05, 3.63) is 65.7 Å². The van der Waals surface area contributed by atoms with Gasteiger partial charge in [-0.25, -0.2) is 4.39 Å². The van der Waals surface area contributed by atoms with Gasteiger partial charge in [-0.1, -0.05) is 18.2 Å². The summed E-state index contributed by atoms with van der Waals surface area (Å²) < 4.78 is 25.3. The summed E-state index contributed by atoms with van der Waals surface area (Å²) in [5.74, 6) is -0.308. The van der Waals surface area contributed by atoms with Crippen LogP contribution in [0, 0.1) is 5.82 Å². The summed E-state index contributed by atoms with van der Waals surface area (Å²) in [5.41, 5.74) is 1.46. The Balaban J connectivity index is 1.27. The summed E-state index contributed by atoms with van der Waals surface area (Å²) in [4.78, 5) is 18.3. The maximum Gasteiger partial charge on any atom is 0.227 e. The van der Waals surface area contributed by atoms with Crippen LogP contribution in [0.3, 0.4) is 0 Å². The van der Waals surface area contributed by atoms with Gasteiger partial charge in [0.05, 0.1) is 32.2 Å². The molecule has 2 saturated heterocycles. The summed E-state index contributed by atoms with van der Waals surface area (Å²) in [5, 5.41) is 0. The number of rotatable bonds is 5. The van der Waals surface area contributed by atoms with Crippen LogP contribution in [-0.4, -0.2) is 47.2 Å². The molecule has 2 aromatic rings. The van der Waals surface area contributed by atoms with Gasteiger partial charge in [-0.05, 0) is 35.7 Å². The highest BCUT2D eigenvalue weighted by atomic mass is 19.1. The van der Waals surface area contributed by atoms with E-state index < -0.39 is 0 Å². The Kier molecular flexibility index (Phi) is 5.18. The van der Waals surface area contributed by atoms with Crippen molar-refractivity contribution in [2.45, 2.75) is 37.6 Å². The van der Waals surface area contributed by atoms with Gasteiger partial charge in [0, 0.05) is 25.4 Å². The second-order valence-electron chi connectivity index (χ2n) is 7.38. The van der Waals surface area contributed by atoms with Gasteiger partial charge in [-0.15, -0.1) is 0 Å². The lowest BCUT2D eigenvalue weighted by Crippen LogP contribution is -2.67. The van der Waals surface area contributed by atoms with E-state index in [1.165, 1.54) is 12.1 Å². The number of nitrogens with zero attached hydrogens (tertiary/aromatic N) is 2. The molecule has 0 aliphatic carbocycles. The molecule has 2 fully saturated rings. The van der Waals surface area contributed by atoms with Crippen molar-refractivity contribution >= 4 is 5.91 Å². The van der Waals surface area contributed by atoms with Crippen LogP contribution in [0.1, 0.15) is 24.0 Å². The first-order valence-electron chi connectivity index (χ1n) is 9.29. The second-order valence-corrected chi connectivity index (χ2v) is 7.38. The van der Waals surface area contributed by atoms with Gasteiger partial charge < -0.3 is 14.4 Å². The maximum atomic E-state index is 13.3. The van der Waals surface area contributed by atoms with E-state index in [1.54, 1.807) is 23.2 Å². The predicted molar refractivity (Wildman–Crippen MR) is 97.4 cm³/mol. The number of amides is 1. The largest absolute Gasteiger partial charge is 0.373 e. The standard InChI is InChI=1S/C21H23FN2O3/c22-18-5-1-3-16(9-18)10-20(25)24-14-21(15-24)11-19(6-8-27-21)26-13-17-4-2-7-23-12-17/h1-5,7,9,12,19H,6,8,10-11,13-15H2/t19-/m1/s1. The zero-order chi connectivity index (χ0) is 18.7. The maximum absolute atomic E-state index is 13.3. The normalized spacial score (nSPS) is 21.1. The van der Waals surface area contributed by atoms with Crippen molar-refractivity contribution in [2.24, 2.45) is 0 Å². The van der Waals surface area contributed by atoms with E-state index in [4.69, 9.17) is 9.47 Å². The third kappa shape index (κ3) is 4.34. The summed E-state index contributed by atoms with van der Waals surface area (Å²) in [6.45, 7) is 2.34. The molecule has 1 spiro atoms. The molecule has 5 nitrogen and oxygen atoms in total. The van der Waals surface area contributed by atoms with E-state index in [9.17, 15) is 9.18 Å². The number of ether oxygens (including phenoxy) is 2. The molecule has 2 aliphatic rings. The molecule has 142 valence electrons. The first kappa shape index (κ1) is 18.1. The lowest BCUT2D eigenvalue weighted by Gasteiger charge is -2.53. The lowest BCUT2D eigenvalue weighted by atomic mass is 9.84. The first-order chi connectivity index (χ1) is 13.1. The monoisotopic (exact) mass is 370 g/mol. The predicted octanol–water partition coefficient (Wildman–Crippen LogP) is 2.74. The van der Waals surface area contributed by atoms with Gasteiger partial charge in [0.15, 0.2) is 0 Å². The second kappa shape index (κ2) is 7.74. The van der Waals surface area contributed by atoms with E-state index >= 15 is 0 Å². The minimum atomic E-state index is -0.315. The number of halogens is 1. The van der Waals surface area contributed by atoms with Crippen molar-refractivity contribution < 1.29 is 18.7 Å². The highest BCUT2D eigenvalue weighted by molar-refractivity contribution is 5.80. The van der Waals surface area contributed by atoms with Gasteiger partial charge in [0.2, 0.25) is 5.91 Å². The number of hydrogen-bond acceptors (Lipinski definition) is 4. The van der Waals surface area contributed by atoms with Crippen molar-refractivity contribution in [2.75, 3.05) is 19.7 Å². The summed E-state index contributed by atoms with van der Waals surface area (Å²) in [6, 6.07) is 10.1. The molecular weight excluding hydrogens is 347 g/mol. The average Bonchev–Trinajstić information content (AvgIpc) is 2.65. The van der Waals surface area contributed by atoms with Gasteiger partial charge in [0.1, 0.15) is 11.4 Å². The molecule has 0 saturated carbocycles. The zero-order valence-electron chi connectivity index (χ0n) is 15.1. The Morgan fingerprint density at radius 3 is 2.93 bits per heavy atom. The molecule has 27 heavy (non-hydrogen) atoms. The van der Waals surface area contributed by atoms with Crippen LogP contribution in [0.2, 0.25) is 0 Å². The highest BCUT2D eigenvalue weighted by Crippen LogP contribution is 2.35. The number of benzene rings is 1. The topological polar surface area (TPSA) is 51.7 Å². The van der Waals surface area contributed by atoms with Crippen LogP contribution in [-0.2, 0) is 27.3 Å². The number of likely N-dealkylation sites (tertiary alicyclic amines) is 1. The fourth-order valence-electron chi connectivity index (χ4n) is 3.80. The minimum Gasteiger partial charge on any atom is -0.373 e. The van der Waals surface area contributed by atoms with Gasteiger partial charge in [-0.2, -0.15) is 0 Å². The van der Waals surface area contributed by atoms with Crippen molar-refractivity contribution in [3.63, 3.8) is 0 Å².